The second kappa shape index (κ2) is 11.0. The number of benzene rings is 1. The van der Waals surface area contributed by atoms with Gasteiger partial charge < -0.3 is 15.0 Å². The number of likely N-dealkylation sites (N-methyl/N-ethyl adjacent to an activating group) is 1. The summed E-state index contributed by atoms with van der Waals surface area (Å²) in [6, 6.07) is 8.35. The number of ether oxygens (including phenoxy) is 1. The number of esters is 1. The first-order chi connectivity index (χ1) is 16.9. The van der Waals surface area contributed by atoms with Gasteiger partial charge in [-0.05, 0) is 43.0 Å². The molecule has 1 N–H and O–H groups in total. The minimum atomic E-state index is -0.748. The van der Waals surface area contributed by atoms with Crippen LogP contribution in [0.1, 0.15) is 35.1 Å². The molecule has 0 radical (unpaired) electrons. The predicted octanol–water partition coefficient (Wildman–Crippen LogP) is 3.25. The molecule has 1 aromatic carbocycles. The molecule has 10 heteroatoms. The van der Waals surface area contributed by atoms with Crippen LogP contribution in [0.4, 0.5) is 9.18 Å². The summed E-state index contributed by atoms with van der Waals surface area (Å²) >= 11 is 1.43. The van der Waals surface area contributed by atoms with Gasteiger partial charge in [-0.2, -0.15) is 0 Å². The number of amides is 3. The molecule has 2 aliphatic rings. The lowest BCUT2D eigenvalue weighted by atomic mass is 9.94. The van der Waals surface area contributed by atoms with E-state index >= 15 is 0 Å². The van der Waals surface area contributed by atoms with Gasteiger partial charge in [0.2, 0.25) is 0 Å². The Bertz CT molecular complexity index is 1100. The summed E-state index contributed by atoms with van der Waals surface area (Å²) in [7, 11) is 0. The van der Waals surface area contributed by atoms with Gasteiger partial charge in [-0.15, -0.1) is 11.3 Å². The molecule has 1 fully saturated rings. The van der Waals surface area contributed by atoms with Crippen molar-refractivity contribution in [2.24, 2.45) is 0 Å². The van der Waals surface area contributed by atoms with Crippen molar-refractivity contribution in [3.63, 3.8) is 0 Å². The van der Waals surface area contributed by atoms with Crippen LogP contribution >= 0.6 is 11.3 Å². The van der Waals surface area contributed by atoms with Crippen LogP contribution in [-0.4, -0.2) is 78.5 Å². The van der Waals surface area contributed by atoms with Gasteiger partial charge in [0.15, 0.2) is 0 Å². The minimum Gasteiger partial charge on any atom is -0.463 e. The topological polar surface area (TPSA) is 82.2 Å². The lowest BCUT2D eigenvalue weighted by Crippen LogP contribution is -2.53. The lowest BCUT2D eigenvalue weighted by molar-refractivity contribution is -0.139. The summed E-state index contributed by atoms with van der Waals surface area (Å²) in [5.74, 6) is -0.889. The highest BCUT2D eigenvalue weighted by atomic mass is 32.1. The number of thiophene rings is 1. The molecule has 0 saturated carbocycles. The van der Waals surface area contributed by atoms with Crippen molar-refractivity contribution in [2.45, 2.75) is 19.9 Å². The van der Waals surface area contributed by atoms with Gasteiger partial charge in [0.05, 0.1) is 23.1 Å². The lowest BCUT2D eigenvalue weighted by Gasteiger charge is -2.40. The molecule has 0 spiro atoms. The van der Waals surface area contributed by atoms with Crippen molar-refractivity contribution in [3.05, 3.63) is 69.3 Å². The average Bonchev–Trinajstić information content (AvgIpc) is 3.40. The summed E-state index contributed by atoms with van der Waals surface area (Å²) in [6.45, 7) is 6.82. The van der Waals surface area contributed by atoms with E-state index in [0.29, 0.717) is 61.0 Å². The van der Waals surface area contributed by atoms with Gasteiger partial charge in [-0.25, -0.2) is 14.0 Å². The smallest absolute Gasteiger partial charge is 0.338 e. The van der Waals surface area contributed by atoms with E-state index in [1.165, 1.54) is 23.5 Å². The normalized spacial score (nSPS) is 19.1. The van der Waals surface area contributed by atoms with Crippen LogP contribution < -0.4 is 5.32 Å². The molecule has 0 unspecified atom stereocenters. The number of hydrogen-bond acceptors (Lipinski definition) is 6. The summed E-state index contributed by atoms with van der Waals surface area (Å²) < 4.78 is 18.9. The summed E-state index contributed by atoms with van der Waals surface area (Å²) in [5, 5.41) is 4.77. The van der Waals surface area contributed by atoms with E-state index in [-0.39, 0.29) is 18.5 Å². The molecular weight excluding hydrogens is 471 g/mol. The highest BCUT2D eigenvalue weighted by Crippen LogP contribution is 2.32. The van der Waals surface area contributed by atoms with Crippen molar-refractivity contribution in [2.75, 3.05) is 45.9 Å². The molecule has 1 saturated heterocycles. The molecule has 2 aromatic rings. The van der Waals surface area contributed by atoms with Crippen molar-refractivity contribution in [1.29, 1.82) is 0 Å². The van der Waals surface area contributed by atoms with Crippen LogP contribution in [0.25, 0.3) is 0 Å². The maximum Gasteiger partial charge on any atom is 0.338 e. The number of carbonyl (C=O) groups excluding carboxylic acids is 3. The molecular formula is C25H29FN4O4S. The van der Waals surface area contributed by atoms with Crippen LogP contribution in [0, 0.1) is 5.82 Å². The monoisotopic (exact) mass is 500 g/mol. The molecule has 1 aromatic heterocycles. The quantitative estimate of drug-likeness (QED) is 0.591. The number of urea groups is 1. The second-order valence-electron chi connectivity index (χ2n) is 8.30. The zero-order valence-electron chi connectivity index (χ0n) is 19.8. The number of nitrogens with zero attached hydrogens (tertiary/aromatic N) is 3. The van der Waals surface area contributed by atoms with E-state index in [0.717, 1.165) is 0 Å². The molecule has 35 heavy (non-hydrogen) atoms. The molecule has 0 aliphatic carbocycles. The molecule has 0 bridgehead atoms. The van der Waals surface area contributed by atoms with Crippen molar-refractivity contribution >= 4 is 29.2 Å². The summed E-state index contributed by atoms with van der Waals surface area (Å²) in [4.78, 5) is 45.1. The average molecular weight is 501 g/mol. The maximum absolute atomic E-state index is 13.6. The van der Waals surface area contributed by atoms with E-state index in [2.05, 4.69) is 10.2 Å². The van der Waals surface area contributed by atoms with E-state index in [1.807, 2.05) is 29.3 Å². The Labute approximate surface area is 207 Å². The van der Waals surface area contributed by atoms with Gasteiger partial charge in [0.1, 0.15) is 5.82 Å². The molecule has 8 nitrogen and oxygen atoms in total. The number of nitrogens with one attached hydrogen (secondary N) is 1. The number of halogens is 1. The number of carbonyl (C=O) groups is 3. The number of piperazine rings is 1. The Morgan fingerprint density at radius 3 is 2.43 bits per heavy atom. The van der Waals surface area contributed by atoms with Gasteiger partial charge in [-0.1, -0.05) is 18.2 Å². The van der Waals surface area contributed by atoms with Crippen LogP contribution in [0.3, 0.4) is 0 Å². The molecule has 3 heterocycles. The zero-order chi connectivity index (χ0) is 24.9. The third-order valence-corrected chi connectivity index (χ3v) is 7.08. The highest BCUT2D eigenvalue weighted by Gasteiger charge is 2.38. The molecule has 3 amide bonds. The molecule has 4 rings (SSSR count). The van der Waals surface area contributed by atoms with Crippen LogP contribution in [0.15, 0.2) is 53.0 Å². The first kappa shape index (κ1) is 24.9. The van der Waals surface area contributed by atoms with Gasteiger partial charge >= 0.3 is 12.0 Å². The fourth-order valence-corrected chi connectivity index (χ4v) is 5.13. The van der Waals surface area contributed by atoms with Crippen molar-refractivity contribution in [3.8, 4) is 0 Å². The fourth-order valence-electron chi connectivity index (χ4n) is 4.44. The Balaban J connectivity index is 1.61. The van der Waals surface area contributed by atoms with Crippen molar-refractivity contribution in [1.82, 2.24) is 20.0 Å². The predicted molar refractivity (Wildman–Crippen MR) is 130 cm³/mol. The van der Waals surface area contributed by atoms with Crippen LogP contribution in [0.5, 0.6) is 0 Å². The highest BCUT2D eigenvalue weighted by molar-refractivity contribution is 7.12. The Morgan fingerprint density at radius 1 is 1.11 bits per heavy atom. The first-order valence-electron chi connectivity index (χ1n) is 11.7. The molecule has 2 aliphatic heterocycles. The minimum absolute atomic E-state index is 0.0229. The Hall–Kier alpha value is -3.24. The third-order valence-electron chi connectivity index (χ3n) is 6.22. The van der Waals surface area contributed by atoms with Crippen LogP contribution in [0.2, 0.25) is 0 Å². The third kappa shape index (κ3) is 5.38. The Kier molecular flexibility index (Phi) is 7.82. The number of rotatable bonds is 7. The van der Waals surface area contributed by atoms with E-state index in [9.17, 15) is 18.8 Å². The Morgan fingerprint density at radius 2 is 1.83 bits per heavy atom. The molecule has 1 atom stereocenters. The number of hydrogen-bond donors (Lipinski definition) is 1. The van der Waals surface area contributed by atoms with Crippen molar-refractivity contribution < 1.29 is 23.5 Å². The van der Waals surface area contributed by atoms with Gasteiger partial charge in [0, 0.05) is 45.0 Å². The van der Waals surface area contributed by atoms with E-state index < -0.39 is 17.8 Å². The molecule has 186 valence electrons. The zero-order valence-corrected chi connectivity index (χ0v) is 20.6. The van der Waals surface area contributed by atoms with E-state index in [4.69, 9.17) is 4.74 Å². The van der Waals surface area contributed by atoms with Gasteiger partial charge in [0.25, 0.3) is 5.91 Å². The largest absolute Gasteiger partial charge is 0.463 e. The maximum atomic E-state index is 13.6. The second-order valence-corrected chi connectivity index (χ2v) is 9.25. The van der Waals surface area contributed by atoms with E-state index in [1.54, 1.807) is 24.0 Å². The summed E-state index contributed by atoms with van der Waals surface area (Å²) in [6.07, 6.45) is 0. The van der Waals surface area contributed by atoms with Crippen LogP contribution in [-0.2, 0) is 9.53 Å². The fraction of sp³-hybridized carbons (Fsp3) is 0.400. The summed E-state index contributed by atoms with van der Waals surface area (Å²) in [5.41, 5.74) is 1.52. The first-order valence-corrected chi connectivity index (χ1v) is 12.6. The van der Waals surface area contributed by atoms with Gasteiger partial charge in [-0.3, -0.25) is 14.6 Å². The SMILES string of the molecule is CCOC(=O)C1=C(CN2CCN(C(=O)c3cccs3)CC2)N(CC)C(=O)N[C@@H]1c1ccc(F)cc1. The standard InChI is InChI=1S/C25H29FN4O4S/c1-3-30-19(16-28-11-13-29(14-12-28)23(31)20-6-5-15-35-20)21(24(32)34-4-2)22(27-25(30)33)17-7-9-18(26)10-8-17/h5-10,15,22H,3-4,11-14,16H2,1-2H3,(H,27,33)/t22-/m1/s1.